The predicted molar refractivity (Wildman–Crippen MR) is 52.7 cm³/mol. The zero-order valence-electron chi connectivity index (χ0n) is 7.72. The Balaban J connectivity index is 3.19. The smallest absolute Gasteiger partial charge is 0.135 e. The molecule has 0 aliphatic heterocycles. The van der Waals surface area contributed by atoms with Gasteiger partial charge in [0.05, 0.1) is 17.1 Å². The Morgan fingerprint density at radius 3 is 2.29 bits per heavy atom. The van der Waals surface area contributed by atoms with Crippen molar-refractivity contribution >= 4 is 11.5 Å². The topological polar surface area (TPSA) is 38.4 Å². The molecule has 0 fully saturated rings. The maximum Gasteiger partial charge on any atom is 0.135 e. The maximum atomic E-state index is 13.1. The van der Waals surface area contributed by atoms with Gasteiger partial charge in [-0.15, -0.1) is 0 Å². The van der Waals surface area contributed by atoms with Crippen LogP contribution in [0.15, 0.2) is 29.8 Å². The van der Waals surface area contributed by atoms with Gasteiger partial charge in [0, 0.05) is 0 Å². The summed E-state index contributed by atoms with van der Waals surface area (Å²) in [5, 5.41) is 0. The molecule has 0 bridgehead atoms. The summed E-state index contributed by atoms with van der Waals surface area (Å²) in [6, 6.07) is 3.57. The van der Waals surface area contributed by atoms with E-state index < -0.39 is 11.6 Å². The van der Waals surface area contributed by atoms with Gasteiger partial charge in [0.1, 0.15) is 11.6 Å². The molecule has 1 rings (SSSR count). The van der Waals surface area contributed by atoms with Crippen molar-refractivity contribution in [1.82, 2.24) is 0 Å². The number of halogens is 2. The van der Waals surface area contributed by atoms with Crippen LogP contribution in [0.25, 0.3) is 5.70 Å². The van der Waals surface area contributed by atoms with Crippen molar-refractivity contribution in [3.05, 3.63) is 42.0 Å². The summed E-state index contributed by atoms with van der Waals surface area (Å²) in [7, 11) is 0. The lowest BCUT2D eigenvalue weighted by atomic mass is 10.1. The van der Waals surface area contributed by atoms with Crippen molar-refractivity contribution in [3.8, 4) is 0 Å². The van der Waals surface area contributed by atoms with E-state index in [4.69, 9.17) is 5.73 Å². The van der Waals surface area contributed by atoms with Crippen LogP contribution in [0.5, 0.6) is 0 Å². The van der Waals surface area contributed by atoms with Gasteiger partial charge < -0.3 is 5.73 Å². The molecule has 1 aromatic rings. The number of benzene rings is 1. The minimum absolute atomic E-state index is 0.0133. The molecule has 4 heteroatoms. The van der Waals surface area contributed by atoms with Crippen LogP contribution in [0.2, 0.25) is 0 Å². The summed E-state index contributed by atoms with van der Waals surface area (Å²) in [5.41, 5.74) is 5.02. The van der Waals surface area contributed by atoms with E-state index in [0.717, 1.165) is 12.1 Å². The predicted octanol–water partition coefficient (Wildman–Crippen LogP) is 2.31. The molecule has 0 spiro atoms. The lowest BCUT2D eigenvalue weighted by Gasteiger charge is -2.03. The summed E-state index contributed by atoms with van der Waals surface area (Å²) in [5.74, 6) is -1.18. The molecule has 14 heavy (non-hydrogen) atoms. The van der Waals surface area contributed by atoms with Gasteiger partial charge in [0.25, 0.3) is 0 Å². The van der Waals surface area contributed by atoms with Crippen LogP contribution in [-0.2, 0) is 0 Å². The van der Waals surface area contributed by atoms with Crippen molar-refractivity contribution in [3.63, 3.8) is 0 Å². The zero-order chi connectivity index (χ0) is 10.7. The quantitative estimate of drug-likeness (QED) is 0.572. The average molecular weight is 196 g/mol. The Kier molecular flexibility index (Phi) is 2.96. The molecular formula is C10H10F2N2. The van der Waals surface area contributed by atoms with Crippen LogP contribution in [0, 0.1) is 11.6 Å². The second-order valence-electron chi connectivity index (χ2n) is 2.80. The third kappa shape index (κ3) is 2.16. The monoisotopic (exact) mass is 196 g/mol. The third-order valence-electron chi connectivity index (χ3n) is 1.56. The van der Waals surface area contributed by atoms with E-state index >= 15 is 0 Å². The average Bonchev–Trinajstić information content (AvgIpc) is 2.01. The summed E-state index contributed by atoms with van der Waals surface area (Å²) >= 11 is 0. The van der Waals surface area contributed by atoms with E-state index in [1.807, 2.05) is 0 Å². The maximum absolute atomic E-state index is 13.1. The molecule has 0 unspecified atom stereocenters. The molecule has 0 radical (unpaired) electrons. The lowest BCUT2D eigenvalue weighted by molar-refractivity contribution is 0.576. The number of hydrogen-bond acceptors (Lipinski definition) is 1. The van der Waals surface area contributed by atoms with Crippen LogP contribution in [0.4, 0.5) is 8.78 Å². The summed E-state index contributed by atoms with van der Waals surface area (Å²) in [6.45, 7) is 4.96. The summed E-state index contributed by atoms with van der Waals surface area (Å²) < 4.78 is 26.3. The fourth-order valence-electron chi connectivity index (χ4n) is 1.04. The van der Waals surface area contributed by atoms with Gasteiger partial charge in [-0.25, -0.2) is 13.8 Å². The number of hydrogen-bond donors (Lipinski definition) is 1. The molecule has 74 valence electrons. The number of nitrogens with two attached hydrogens (primary N) is 1. The van der Waals surface area contributed by atoms with Gasteiger partial charge in [0.2, 0.25) is 0 Å². The largest absolute Gasteiger partial charge is 0.387 e. The second-order valence-corrected chi connectivity index (χ2v) is 2.80. The number of aliphatic imine (C=N–C) groups is 1. The highest BCUT2D eigenvalue weighted by molar-refractivity contribution is 5.84. The SMILES string of the molecule is C=C(N=C(C)N)c1c(F)cccc1F. The van der Waals surface area contributed by atoms with Crippen LogP contribution in [0.1, 0.15) is 12.5 Å². The normalized spacial score (nSPS) is 11.5. The number of nitrogens with zero attached hydrogens (tertiary/aromatic N) is 1. The van der Waals surface area contributed by atoms with Gasteiger partial charge in [0.15, 0.2) is 0 Å². The molecule has 0 amide bonds. The van der Waals surface area contributed by atoms with E-state index in [-0.39, 0.29) is 17.1 Å². The first-order valence-electron chi connectivity index (χ1n) is 3.96. The van der Waals surface area contributed by atoms with Crippen LogP contribution < -0.4 is 5.73 Å². The highest BCUT2D eigenvalue weighted by Gasteiger charge is 2.10. The van der Waals surface area contributed by atoms with Crippen LogP contribution >= 0.6 is 0 Å². The number of rotatable bonds is 2. The standard InChI is InChI=1S/C10H10F2N2/c1-6(14-7(2)13)10-8(11)4-3-5-9(10)12/h3-5H,1H2,2H3,(H2,13,14). The van der Waals surface area contributed by atoms with Gasteiger partial charge in [-0.05, 0) is 19.1 Å². The molecule has 0 aliphatic carbocycles. The zero-order valence-corrected chi connectivity index (χ0v) is 7.72. The molecule has 1 aromatic carbocycles. The van der Waals surface area contributed by atoms with Crippen LogP contribution in [-0.4, -0.2) is 5.84 Å². The van der Waals surface area contributed by atoms with Crippen molar-refractivity contribution in [1.29, 1.82) is 0 Å². The first kappa shape index (κ1) is 10.4. The molecule has 2 N–H and O–H groups in total. The second kappa shape index (κ2) is 4.00. The number of amidine groups is 1. The van der Waals surface area contributed by atoms with Crippen molar-refractivity contribution < 1.29 is 8.78 Å². The highest BCUT2D eigenvalue weighted by atomic mass is 19.1. The fraction of sp³-hybridized carbons (Fsp3) is 0.100. The van der Waals surface area contributed by atoms with E-state index in [9.17, 15) is 8.78 Å². The summed E-state index contributed by atoms with van der Waals surface area (Å²) in [6.07, 6.45) is 0. The van der Waals surface area contributed by atoms with Gasteiger partial charge in [-0.3, -0.25) is 0 Å². The van der Waals surface area contributed by atoms with Crippen LogP contribution in [0.3, 0.4) is 0 Å². The van der Waals surface area contributed by atoms with E-state index in [1.54, 1.807) is 0 Å². The molecule has 0 atom stereocenters. The first-order valence-corrected chi connectivity index (χ1v) is 3.96. The highest BCUT2D eigenvalue weighted by Crippen LogP contribution is 2.20. The molecule has 0 heterocycles. The van der Waals surface area contributed by atoms with E-state index in [2.05, 4.69) is 11.6 Å². The Morgan fingerprint density at radius 2 is 1.86 bits per heavy atom. The minimum atomic E-state index is -0.694. The molecule has 0 saturated carbocycles. The Labute approximate surface area is 80.8 Å². The minimum Gasteiger partial charge on any atom is -0.387 e. The van der Waals surface area contributed by atoms with Gasteiger partial charge in [-0.2, -0.15) is 0 Å². The van der Waals surface area contributed by atoms with Crippen molar-refractivity contribution in [2.24, 2.45) is 10.7 Å². The molecular weight excluding hydrogens is 186 g/mol. The Hall–Kier alpha value is -1.71. The van der Waals surface area contributed by atoms with E-state index in [1.165, 1.54) is 13.0 Å². The molecule has 2 nitrogen and oxygen atoms in total. The molecule has 0 saturated heterocycles. The van der Waals surface area contributed by atoms with Crippen molar-refractivity contribution in [2.75, 3.05) is 0 Å². The fourth-order valence-corrected chi connectivity index (χ4v) is 1.04. The Bertz CT molecular complexity index is 373. The van der Waals surface area contributed by atoms with Gasteiger partial charge in [-0.1, -0.05) is 12.6 Å². The molecule has 0 aliphatic rings. The lowest BCUT2D eigenvalue weighted by Crippen LogP contribution is -2.05. The summed E-state index contributed by atoms with van der Waals surface area (Å²) in [4.78, 5) is 3.69. The third-order valence-corrected chi connectivity index (χ3v) is 1.56. The first-order chi connectivity index (χ1) is 6.52. The van der Waals surface area contributed by atoms with Gasteiger partial charge >= 0.3 is 0 Å². The van der Waals surface area contributed by atoms with E-state index in [0.29, 0.717) is 0 Å². The van der Waals surface area contributed by atoms with Crippen molar-refractivity contribution in [2.45, 2.75) is 6.92 Å². The Morgan fingerprint density at radius 1 is 1.36 bits per heavy atom. The molecule has 0 aromatic heterocycles.